The van der Waals surface area contributed by atoms with Crippen LogP contribution in [0.5, 0.6) is 0 Å². The van der Waals surface area contributed by atoms with E-state index in [1.807, 2.05) is 77.1 Å². The minimum Gasteiger partial charge on any atom is -0.476 e. The van der Waals surface area contributed by atoms with E-state index in [0.717, 1.165) is 28.1 Å². The lowest BCUT2D eigenvalue weighted by Gasteiger charge is -2.19. The number of aromatic carboxylic acids is 1. The van der Waals surface area contributed by atoms with E-state index >= 15 is 0 Å². The fourth-order valence-electron chi connectivity index (χ4n) is 3.81. The Morgan fingerprint density at radius 2 is 1.72 bits per heavy atom. The first-order chi connectivity index (χ1) is 17.1. The second kappa shape index (κ2) is 9.94. The second-order valence-electron chi connectivity index (χ2n) is 9.23. The molecule has 1 amide bonds. The van der Waals surface area contributed by atoms with Crippen molar-refractivity contribution in [3.8, 4) is 27.6 Å². The minimum atomic E-state index is -1.05. The highest BCUT2D eigenvalue weighted by Gasteiger charge is 2.24. The summed E-state index contributed by atoms with van der Waals surface area (Å²) in [6, 6.07) is 17.2. The van der Waals surface area contributed by atoms with Crippen LogP contribution in [0.15, 0.2) is 54.6 Å². The van der Waals surface area contributed by atoms with E-state index in [9.17, 15) is 14.7 Å². The van der Waals surface area contributed by atoms with Crippen LogP contribution >= 0.6 is 11.3 Å². The summed E-state index contributed by atoms with van der Waals surface area (Å²) in [5.41, 5.74) is 4.36. The predicted molar refractivity (Wildman–Crippen MR) is 141 cm³/mol. The summed E-state index contributed by atoms with van der Waals surface area (Å²) in [4.78, 5) is 29.0. The van der Waals surface area contributed by atoms with Gasteiger partial charge in [-0.2, -0.15) is 5.10 Å². The van der Waals surface area contributed by atoms with Gasteiger partial charge in [-0.1, -0.05) is 60.7 Å². The van der Waals surface area contributed by atoms with Crippen LogP contribution in [-0.2, 0) is 11.2 Å². The summed E-state index contributed by atoms with van der Waals surface area (Å²) < 4.78 is 7.04. The quantitative estimate of drug-likeness (QED) is 0.307. The van der Waals surface area contributed by atoms with Crippen LogP contribution in [0.4, 0.5) is 10.5 Å². The van der Waals surface area contributed by atoms with Crippen molar-refractivity contribution in [2.45, 2.75) is 46.6 Å². The Morgan fingerprint density at radius 3 is 2.28 bits per heavy atom. The first-order valence-corrected chi connectivity index (χ1v) is 12.4. The van der Waals surface area contributed by atoms with Crippen LogP contribution in [0.1, 0.15) is 48.6 Å². The highest BCUT2D eigenvalue weighted by molar-refractivity contribution is 7.14. The van der Waals surface area contributed by atoms with E-state index in [2.05, 4.69) is 10.3 Å². The summed E-state index contributed by atoms with van der Waals surface area (Å²) in [6.07, 6.45) is 0.0322. The van der Waals surface area contributed by atoms with E-state index in [1.54, 1.807) is 16.8 Å². The zero-order valence-corrected chi connectivity index (χ0v) is 21.6. The number of nitrogens with one attached hydrogen (secondary N) is 1. The molecule has 0 spiro atoms. The van der Waals surface area contributed by atoms with Crippen molar-refractivity contribution in [1.29, 1.82) is 0 Å². The molecule has 0 atom stereocenters. The molecule has 0 radical (unpaired) electrons. The monoisotopic (exact) mass is 504 g/mol. The molecule has 0 unspecified atom stereocenters. The normalized spacial score (nSPS) is 11.4. The zero-order chi connectivity index (χ0) is 26.0. The van der Waals surface area contributed by atoms with Crippen LogP contribution < -0.4 is 5.32 Å². The van der Waals surface area contributed by atoms with Gasteiger partial charge in [-0.05, 0) is 46.2 Å². The van der Waals surface area contributed by atoms with E-state index in [-0.39, 0.29) is 5.69 Å². The second-order valence-corrected chi connectivity index (χ2v) is 10.3. The van der Waals surface area contributed by atoms with E-state index in [0.29, 0.717) is 22.1 Å². The highest BCUT2D eigenvalue weighted by Crippen LogP contribution is 2.36. The van der Waals surface area contributed by atoms with Gasteiger partial charge in [-0.25, -0.2) is 19.3 Å². The van der Waals surface area contributed by atoms with Gasteiger partial charge in [0.15, 0.2) is 5.69 Å². The average Bonchev–Trinajstić information content (AvgIpc) is 3.40. The maximum absolute atomic E-state index is 12.2. The van der Waals surface area contributed by atoms with Crippen molar-refractivity contribution in [3.63, 3.8) is 0 Å². The number of aryl methyl sites for hydroxylation is 1. The maximum atomic E-state index is 12.2. The molecule has 0 fully saturated rings. The summed E-state index contributed by atoms with van der Waals surface area (Å²) in [5, 5.41) is 17.7. The Bertz CT molecular complexity index is 1400. The fourth-order valence-corrected chi connectivity index (χ4v) is 4.76. The summed E-state index contributed by atoms with van der Waals surface area (Å²) in [7, 11) is 0. The van der Waals surface area contributed by atoms with Crippen molar-refractivity contribution in [2.24, 2.45) is 0 Å². The van der Waals surface area contributed by atoms with Crippen molar-refractivity contribution in [1.82, 2.24) is 14.8 Å². The Kier molecular flexibility index (Phi) is 6.94. The summed E-state index contributed by atoms with van der Waals surface area (Å²) in [6.45, 7) is 9.32. The summed E-state index contributed by atoms with van der Waals surface area (Å²) in [5.74, 6) is -1.05. The lowest BCUT2D eigenvalue weighted by atomic mass is 10.0. The molecule has 36 heavy (non-hydrogen) atoms. The van der Waals surface area contributed by atoms with Crippen LogP contribution in [0.3, 0.4) is 0 Å². The molecule has 2 heterocycles. The number of thiazole rings is 1. The lowest BCUT2D eigenvalue weighted by molar-refractivity contribution is 0.0634. The third-order valence-corrected chi connectivity index (χ3v) is 6.54. The van der Waals surface area contributed by atoms with Gasteiger partial charge in [0.25, 0.3) is 0 Å². The zero-order valence-electron chi connectivity index (χ0n) is 20.8. The molecular weight excluding hydrogens is 476 g/mol. The molecule has 8 nitrogen and oxygen atoms in total. The molecular formula is C27H28N4O4S. The standard InChI is InChI=1S/C27H28N4O4S/c1-6-20-22(24(32)33)29-25(36-20)31-23(16(2)21(30-31)17-10-8-7-9-11-17)18-12-14-19(15-13-18)28-26(34)35-27(3,4)5/h7-15H,6H2,1-5H3,(H,28,34)(H,32,33). The van der Waals surface area contributed by atoms with Gasteiger partial charge < -0.3 is 9.84 Å². The summed E-state index contributed by atoms with van der Waals surface area (Å²) >= 11 is 1.32. The predicted octanol–water partition coefficient (Wildman–Crippen LogP) is 6.58. The number of carboxylic acid groups (broad SMARTS) is 1. The number of anilines is 1. The molecule has 0 aliphatic carbocycles. The first-order valence-electron chi connectivity index (χ1n) is 11.6. The van der Waals surface area contributed by atoms with Crippen molar-refractivity contribution >= 4 is 29.1 Å². The van der Waals surface area contributed by atoms with Crippen molar-refractivity contribution < 1.29 is 19.4 Å². The smallest absolute Gasteiger partial charge is 0.412 e. The van der Waals surface area contributed by atoms with E-state index in [4.69, 9.17) is 9.84 Å². The molecule has 4 rings (SSSR count). The number of carbonyl (C=O) groups is 2. The average molecular weight is 505 g/mol. The third-order valence-electron chi connectivity index (χ3n) is 5.36. The molecule has 0 saturated carbocycles. The van der Waals surface area contributed by atoms with Gasteiger partial charge in [0.05, 0.1) is 11.4 Å². The van der Waals surface area contributed by atoms with Gasteiger partial charge >= 0.3 is 12.1 Å². The molecule has 2 aromatic carbocycles. The van der Waals surface area contributed by atoms with Gasteiger partial charge in [-0.3, -0.25) is 5.32 Å². The molecule has 2 N–H and O–H groups in total. The minimum absolute atomic E-state index is 0.0507. The molecule has 0 bridgehead atoms. The number of ether oxygens (including phenoxy) is 1. The highest BCUT2D eigenvalue weighted by atomic mass is 32.1. The molecule has 0 aliphatic rings. The fraction of sp³-hybridized carbons (Fsp3) is 0.259. The Balaban J connectivity index is 1.79. The first kappa shape index (κ1) is 25.1. The van der Waals surface area contributed by atoms with Gasteiger partial charge in [0, 0.05) is 27.3 Å². The number of carbonyl (C=O) groups excluding carboxylic acids is 1. The topological polar surface area (TPSA) is 106 Å². The number of aromatic nitrogens is 3. The molecule has 9 heteroatoms. The number of rotatable bonds is 6. The number of amides is 1. The van der Waals surface area contributed by atoms with Gasteiger partial charge in [0.1, 0.15) is 5.60 Å². The SMILES string of the molecule is CCc1sc(-n2nc(-c3ccccc3)c(C)c2-c2ccc(NC(=O)OC(C)(C)C)cc2)nc1C(=O)O. The Morgan fingerprint density at radius 1 is 1.06 bits per heavy atom. The van der Waals surface area contributed by atoms with Crippen molar-refractivity contribution in [2.75, 3.05) is 5.32 Å². The van der Waals surface area contributed by atoms with Gasteiger partial charge in [0.2, 0.25) is 5.13 Å². The van der Waals surface area contributed by atoms with Gasteiger partial charge in [-0.15, -0.1) is 0 Å². The van der Waals surface area contributed by atoms with E-state index < -0.39 is 17.7 Å². The molecule has 4 aromatic rings. The number of nitrogens with zero attached hydrogens (tertiary/aromatic N) is 3. The number of carboxylic acids is 1. The molecule has 0 saturated heterocycles. The largest absolute Gasteiger partial charge is 0.476 e. The van der Waals surface area contributed by atoms with Crippen LogP contribution in [0.2, 0.25) is 0 Å². The lowest BCUT2D eigenvalue weighted by Crippen LogP contribution is -2.27. The maximum Gasteiger partial charge on any atom is 0.412 e. The number of benzene rings is 2. The van der Waals surface area contributed by atoms with Crippen LogP contribution in [0, 0.1) is 6.92 Å². The molecule has 186 valence electrons. The number of hydrogen-bond acceptors (Lipinski definition) is 6. The Hall–Kier alpha value is -3.98. The van der Waals surface area contributed by atoms with Crippen molar-refractivity contribution in [3.05, 3.63) is 70.7 Å². The van der Waals surface area contributed by atoms with E-state index in [1.165, 1.54) is 11.3 Å². The molecule has 2 aromatic heterocycles. The van der Waals surface area contributed by atoms with Crippen LogP contribution in [-0.4, -0.2) is 37.5 Å². The number of hydrogen-bond donors (Lipinski definition) is 2. The van der Waals surface area contributed by atoms with Crippen LogP contribution in [0.25, 0.3) is 27.6 Å². The molecule has 0 aliphatic heterocycles. The third kappa shape index (κ3) is 5.31. The Labute approximate surface area is 213 Å².